The van der Waals surface area contributed by atoms with E-state index in [1.165, 1.54) is 12.1 Å². The molecule has 1 fully saturated rings. The van der Waals surface area contributed by atoms with E-state index in [2.05, 4.69) is 29.8 Å². The van der Waals surface area contributed by atoms with Gasteiger partial charge in [-0.25, -0.2) is 4.39 Å². The maximum atomic E-state index is 13.0. The molecule has 0 aliphatic carbocycles. The zero-order valence-electron chi connectivity index (χ0n) is 8.89. The van der Waals surface area contributed by atoms with Crippen LogP contribution in [0, 0.1) is 11.2 Å². The second-order valence-corrected chi connectivity index (χ2v) is 5.58. The van der Waals surface area contributed by atoms with Gasteiger partial charge in [-0.3, -0.25) is 0 Å². The summed E-state index contributed by atoms with van der Waals surface area (Å²) >= 11 is 3.41. The summed E-state index contributed by atoms with van der Waals surface area (Å²) in [4.78, 5) is 0. The van der Waals surface area contributed by atoms with E-state index in [1.54, 1.807) is 0 Å². The predicted octanol–water partition coefficient (Wildman–Crippen LogP) is 3.73. The SMILES string of the molecule is CC1(C)COCC1c1ccc(F)cc1Br. The Hall–Kier alpha value is -0.410. The molecule has 0 saturated carbocycles. The summed E-state index contributed by atoms with van der Waals surface area (Å²) in [5.41, 5.74) is 1.26. The van der Waals surface area contributed by atoms with Gasteiger partial charge in [-0.1, -0.05) is 35.8 Å². The van der Waals surface area contributed by atoms with Crippen molar-refractivity contribution in [3.8, 4) is 0 Å². The number of hydrogen-bond acceptors (Lipinski definition) is 1. The van der Waals surface area contributed by atoms with Crippen LogP contribution in [0.4, 0.5) is 4.39 Å². The van der Waals surface area contributed by atoms with Gasteiger partial charge in [-0.15, -0.1) is 0 Å². The van der Waals surface area contributed by atoms with Crippen LogP contribution < -0.4 is 0 Å². The quantitative estimate of drug-likeness (QED) is 0.757. The van der Waals surface area contributed by atoms with Crippen molar-refractivity contribution in [2.75, 3.05) is 13.2 Å². The molecule has 1 saturated heterocycles. The average Bonchev–Trinajstić information content (AvgIpc) is 2.46. The van der Waals surface area contributed by atoms with E-state index in [0.717, 1.165) is 23.2 Å². The Morgan fingerprint density at radius 1 is 1.47 bits per heavy atom. The molecule has 1 aromatic rings. The van der Waals surface area contributed by atoms with Crippen LogP contribution >= 0.6 is 15.9 Å². The summed E-state index contributed by atoms with van der Waals surface area (Å²) in [5.74, 6) is 0.134. The van der Waals surface area contributed by atoms with E-state index in [9.17, 15) is 4.39 Å². The first-order valence-corrected chi connectivity index (χ1v) is 5.83. The van der Waals surface area contributed by atoms with Crippen molar-refractivity contribution in [1.29, 1.82) is 0 Å². The molecule has 2 rings (SSSR count). The van der Waals surface area contributed by atoms with Crippen molar-refractivity contribution in [2.45, 2.75) is 19.8 Å². The number of ether oxygens (including phenoxy) is 1. The van der Waals surface area contributed by atoms with Crippen molar-refractivity contribution < 1.29 is 9.13 Å². The fraction of sp³-hybridized carbons (Fsp3) is 0.500. The number of hydrogen-bond donors (Lipinski definition) is 0. The van der Waals surface area contributed by atoms with Gasteiger partial charge in [0.25, 0.3) is 0 Å². The van der Waals surface area contributed by atoms with Crippen LogP contribution in [0.15, 0.2) is 22.7 Å². The molecule has 1 aromatic carbocycles. The molecule has 0 radical (unpaired) electrons. The normalized spacial score (nSPS) is 24.4. The van der Waals surface area contributed by atoms with E-state index in [0.29, 0.717) is 5.92 Å². The van der Waals surface area contributed by atoms with Crippen molar-refractivity contribution in [3.63, 3.8) is 0 Å². The molecule has 15 heavy (non-hydrogen) atoms. The van der Waals surface area contributed by atoms with Crippen LogP contribution in [-0.4, -0.2) is 13.2 Å². The van der Waals surface area contributed by atoms with E-state index < -0.39 is 0 Å². The van der Waals surface area contributed by atoms with Gasteiger partial charge in [0.1, 0.15) is 5.82 Å². The molecule has 1 aliphatic rings. The molecule has 0 amide bonds. The molecule has 0 N–H and O–H groups in total. The van der Waals surface area contributed by atoms with Gasteiger partial charge >= 0.3 is 0 Å². The largest absolute Gasteiger partial charge is 0.380 e. The maximum Gasteiger partial charge on any atom is 0.124 e. The van der Waals surface area contributed by atoms with Crippen LogP contribution in [0.2, 0.25) is 0 Å². The highest BCUT2D eigenvalue weighted by Crippen LogP contribution is 2.43. The van der Waals surface area contributed by atoms with Gasteiger partial charge in [0, 0.05) is 10.4 Å². The van der Waals surface area contributed by atoms with E-state index >= 15 is 0 Å². The van der Waals surface area contributed by atoms with Gasteiger partial charge in [-0.05, 0) is 23.1 Å². The number of rotatable bonds is 1. The topological polar surface area (TPSA) is 9.23 Å². The zero-order chi connectivity index (χ0) is 11.1. The second-order valence-electron chi connectivity index (χ2n) is 4.72. The van der Waals surface area contributed by atoms with Gasteiger partial charge in [-0.2, -0.15) is 0 Å². The summed E-state index contributed by atoms with van der Waals surface area (Å²) in [7, 11) is 0. The molecule has 3 heteroatoms. The van der Waals surface area contributed by atoms with Crippen LogP contribution in [0.5, 0.6) is 0 Å². The third-order valence-electron chi connectivity index (χ3n) is 3.04. The van der Waals surface area contributed by atoms with Crippen LogP contribution in [0.25, 0.3) is 0 Å². The van der Waals surface area contributed by atoms with Crippen LogP contribution in [0.3, 0.4) is 0 Å². The Balaban J connectivity index is 2.37. The van der Waals surface area contributed by atoms with Gasteiger partial charge in [0.2, 0.25) is 0 Å². The average molecular weight is 273 g/mol. The molecule has 1 heterocycles. The molecule has 1 aliphatic heterocycles. The molecule has 0 bridgehead atoms. The number of halogens is 2. The second kappa shape index (κ2) is 3.87. The van der Waals surface area contributed by atoms with Crippen molar-refractivity contribution in [2.24, 2.45) is 5.41 Å². The Labute approximate surface area is 97.8 Å². The van der Waals surface area contributed by atoms with Gasteiger partial charge in [0.15, 0.2) is 0 Å². The summed E-state index contributed by atoms with van der Waals surface area (Å²) in [6.07, 6.45) is 0. The molecular weight excluding hydrogens is 259 g/mol. The van der Waals surface area contributed by atoms with Crippen LogP contribution in [-0.2, 0) is 4.74 Å². The van der Waals surface area contributed by atoms with Gasteiger partial charge in [0.05, 0.1) is 13.2 Å². The third-order valence-corrected chi connectivity index (χ3v) is 3.73. The van der Waals surface area contributed by atoms with E-state index in [4.69, 9.17) is 4.74 Å². The fourth-order valence-electron chi connectivity index (χ4n) is 2.06. The van der Waals surface area contributed by atoms with Gasteiger partial charge < -0.3 is 4.74 Å². The lowest BCUT2D eigenvalue weighted by atomic mass is 9.78. The minimum atomic E-state index is -0.206. The zero-order valence-corrected chi connectivity index (χ0v) is 10.5. The lowest BCUT2D eigenvalue weighted by molar-refractivity contribution is 0.167. The first-order chi connectivity index (χ1) is 7.00. The summed E-state index contributed by atoms with van der Waals surface area (Å²) in [5, 5.41) is 0. The van der Waals surface area contributed by atoms with Crippen molar-refractivity contribution >= 4 is 15.9 Å². The maximum absolute atomic E-state index is 13.0. The standard InChI is InChI=1S/C12H14BrFO/c1-12(2)7-15-6-10(12)9-4-3-8(14)5-11(9)13/h3-5,10H,6-7H2,1-2H3. The Morgan fingerprint density at radius 3 is 2.73 bits per heavy atom. The fourth-order valence-corrected chi connectivity index (χ4v) is 2.69. The summed E-state index contributed by atoms with van der Waals surface area (Å²) in [6, 6.07) is 4.87. The summed E-state index contributed by atoms with van der Waals surface area (Å²) in [6.45, 7) is 5.85. The lowest BCUT2D eigenvalue weighted by Gasteiger charge is -2.25. The van der Waals surface area contributed by atoms with E-state index in [-0.39, 0.29) is 11.2 Å². The highest BCUT2D eigenvalue weighted by atomic mass is 79.9. The van der Waals surface area contributed by atoms with Crippen molar-refractivity contribution in [1.82, 2.24) is 0 Å². The highest BCUT2D eigenvalue weighted by Gasteiger charge is 2.37. The third kappa shape index (κ3) is 2.08. The molecule has 82 valence electrons. The Morgan fingerprint density at radius 2 is 2.20 bits per heavy atom. The Kier molecular flexibility index (Phi) is 2.86. The molecule has 1 nitrogen and oxygen atoms in total. The Bertz CT molecular complexity index is 376. The highest BCUT2D eigenvalue weighted by molar-refractivity contribution is 9.10. The minimum Gasteiger partial charge on any atom is -0.380 e. The number of benzene rings is 1. The van der Waals surface area contributed by atoms with Crippen LogP contribution in [0.1, 0.15) is 25.3 Å². The first-order valence-electron chi connectivity index (χ1n) is 5.03. The first kappa shape index (κ1) is 11.1. The monoisotopic (exact) mass is 272 g/mol. The minimum absolute atomic E-state index is 0.125. The smallest absolute Gasteiger partial charge is 0.124 e. The summed E-state index contributed by atoms with van der Waals surface area (Å²) < 4.78 is 19.3. The van der Waals surface area contributed by atoms with Crippen molar-refractivity contribution in [3.05, 3.63) is 34.1 Å². The molecule has 1 unspecified atom stereocenters. The molecule has 0 aromatic heterocycles. The predicted molar refractivity (Wildman–Crippen MR) is 61.4 cm³/mol. The molecule has 0 spiro atoms. The van der Waals surface area contributed by atoms with E-state index in [1.807, 2.05) is 6.07 Å². The lowest BCUT2D eigenvalue weighted by Crippen LogP contribution is -2.20. The molecular formula is C12H14BrFO. The molecule has 1 atom stereocenters.